The van der Waals surface area contributed by atoms with Gasteiger partial charge in [-0.15, -0.1) is 0 Å². The molecule has 0 fully saturated rings. The summed E-state index contributed by atoms with van der Waals surface area (Å²) in [7, 11) is 1.55. The van der Waals surface area contributed by atoms with Gasteiger partial charge < -0.3 is 15.4 Å². The summed E-state index contributed by atoms with van der Waals surface area (Å²) in [5.41, 5.74) is 1.80. The first-order valence-electron chi connectivity index (χ1n) is 7.45. The van der Waals surface area contributed by atoms with E-state index in [1.165, 1.54) is 6.08 Å². The summed E-state index contributed by atoms with van der Waals surface area (Å²) in [6.45, 7) is 0.408. The van der Waals surface area contributed by atoms with E-state index in [0.717, 1.165) is 11.1 Å². The molecule has 0 aliphatic heterocycles. The largest absolute Gasteiger partial charge is 0.484 e. The molecule has 1 heterocycles. The Kier molecular flexibility index (Phi) is 6.52. The molecule has 124 valence electrons. The van der Waals surface area contributed by atoms with Crippen LogP contribution < -0.4 is 15.4 Å². The zero-order chi connectivity index (χ0) is 17.2. The maximum Gasteiger partial charge on any atom is 0.257 e. The lowest BCUT2D eigenvalue weighted by molar-refractivity contribution is -0.122. The predicted octanol–water partition coefficient (Wildman–Crippen LogP) is 1.54. The van der Waals surface area contributed by atoms with E-state index in [1.54, 1.807) is 37.7 Å². The monoisotopic (exact) mass is 325 g/mol. The minimum atomic E-state index is -0.191. The molecule has 6 heteroatoms. The third-order valence-electron chi connectivity index (χ3n) is 3.15. The van der Waals surface area contributed by atoms with E-state index in [2.05, 4.69) is 15.6 Å². The number of pyridine rings is 1. The Labute approximate surface area is 140 Å². The molecule has 6 nitrogen and oxygen atoms in total. The highest BCUT2D eigenvalue weighted by Crippen LogP contribution is 2.13. The van der Waals surface area contributed by atoms with Gasteiger partial charge in [0.2, 0.25) is 5.91 Å². The second-order valence-corrected chi connectivity index (χ2v) is 4.94. The Bertz CT molecular complexity index is 697. The molecule has 24 heavy (non-hydrogen) atoms. The fourth-order valence-corrected chi connectivity index (χ4v) is 1.82. The van der Waals surface area contributed by atoms with Crippen molar-refractivity contribution in [2.24, 2.45) is 0 Å². The van der Waals surface area contributed by atoms with Crippen LogP contribution in [0.15, 0.2) is 54.9 Å². The van der Waals surface area contributed by atoms with Gasteiger partial charge in [0.05, 0.1) is 0 Å². The summed E-state index contributed by atoms with van der Waals surface area (Å²) in [6, 6.07) is 10.8. The molecule has 1 aromatic carbocycles. The van der Waals surface area contributed by atoms with Crippen LogP contribution in [0.4, 0.5) is 0 Å². The molecule has 0 spiro atoms. The number of nitrogens with one attached hydrogen (secondary N) is 2. The Balaban J connectivity index is 1.80. The van der Waals surface area contributed by atoms with Gasteiger partial charge in [0.1, 0.15) is 5.75 Å². The van der Waals surface area contributed by atoms with Gasteiger partial charge in [-0.05, 0) is 35.4 Å². The minimum absolute atomic E-state index is 0.0254. The van der Waals surface area contributed by atoms with E-state index >= 15 is 0 Å². The average Bonchev–Trinajstić information content (AvgIpc) is 2.64. The summed E-state index contributed by atoms with van der Waals surface area (Å²) in [5.74, 6) is 0.222. The van der Waals surface area contributed by atoms with Gasteiger partial charge in [0.15, 0.2) is 6.61 Å². The molecular formula is C18H19N3O3. The van der Waals surface area contributed by atoms with Crippen molar-refractivity contribution >= 4 is 17.9 Å². The summed E-state index contributed by atoms with van der Waals surface area (Å²) < 4.78 is 5.31. The summed E-state index contributed by atoms with van der Waals surface area (Å²) in [6.07, 6.45) is 6.58. The van der Waals surface area contributed by atoms with E-state index in [1.807, 2.05) is 24.3 Å². The van der Waals surface area contributed by atoms with Gasteiger partial charge in [0, 0.05) is 32.1 Å². The van der Waals surface area contributed by atoms with Gasteiger partial charge in [-0.3, -0.25) is 14.6 Å². The van der Waals surface area contributed by atoms with Crippen molar-refractivity contribution in [3.8, 4) is 5.75 Å². The number of ether oxygens (including phenoxy) is 1. The molecule has 0 saturated heterocycles. The number of carbonyl (C=O) groups excluding carboxylic acids is 2. The first kappa shape index (κ1) is 17.2. The molecule has 2 amide bonds. The zero-order valence-electron chi connectivity index (χ0n) is 13.4. The topological polar surface area (TPSA) is 80.3 Å². The zero-order valence-corrected chi connectivity index (χ0v) is 13.4. The highest BCUT2D eigenvalue weighted by atomic mass is 16.5. The molecule has 0 aliphatic carbocycles. The Morgan fingerprint density at radius 1 is 1.21 bits per heavy atom. The van der Waals surface area contributed by atoms with Crippen molar-refractivity contribution in [1.29, 1.82) is 0 Å². The third kappa shape index (κ3) is 5.92. The van der Waals surface area contributed by atoms with Crippen molar-refractivity contribution < 1.29 is 14.3 Å². The number of benzene rings is 1. The van der Waals surface area contributed by atoms with Crippen LogP contribution in [0, 0.1) is 0 Å². The lowest BCUT2D eigenvalue weighted by Crippen LogP contribution is -2.24. The Morgan fingerprint density at radius 2 is 2.00 bits per heavy atom. The first-order valence-corrected chi connectivity index (χ1v) is 7.45. The lowest BCUT2D eigenvalue weighted by Gasteiger charge is -2.05. The standard InChI is InChI=1S/C18H19N3O3/c1-19-18(23)13-24-16-7-4-14(5-8-16)6-9-17(22)21-12-15-3-2-10-20-11-15/h2-11H,12-13H2,1H3,(H,19,23)(H,21,22)/b9-6+. The third-order valence-corrected chi connectivity index (χ3v) is 3.15. The van der Waals surface area contributed by atoms with Gasteiger partial charge in [-0.1, -0.05) is 18.2 Å². The molecule has 0 bridgehead atoms. The van der Waals surface area contributed by atoms with Crippen molar-refractivity contribution in [2.75, 3.05) is 13.7 Å². The maximum absolute atomic E-state index is 11.8. The number of hydrogen-bond acceptors (Lipinski definition) is 4. The smallest absolute Gasteiger partial charge is 0.257 e. The molecule has 2 N–H and O–H groups in total. The van der Waals surface area contributed by atoms with Crippen molar-refractivity contribution in [3.63, 3.8) is 0 Å². The molecule has 2 rings (SSSR count). The molecule has 2 aromatic rings. The molecule has 0 saturated carbocycles. The van der Waals surface area contributed by atoms with Crippen LogP contribution in [-0.4, -0.2) is 30.5 Å². The van der Waals surface area contributed by atoms with Crippen molar-refractivity contribution in [1.82, 2.24) is 15.6 Å². The summed E-state index contributed by atoms with van der Waals surface area (Å²) in [5, 5.41) is 5.26. The van der Waals surface area contributed by atoms with Gasteiger partial charge in [-0.25, -0.2) is 0 Å². The maximum atomic E-state index is 11.8. The number of carbonyl (C=O) groups is 2. The first-order chi connectivity index (χ1) is 11.7. The number of hydrogen-bond donors (Lipinski definition) is 2. The molecule has 0 aliphatic rings. The van der Waals surface area contributed by atoms with Crippen LogP contribution in [0.1, 0.15) is 11.1 Å². The fourth-order valence-electron chi connectivity index (χ4n) is 1.82. The molecular weight excluding hydrogens is 306 g/mol. The van der Waals surface area contributed by atoms with Gasteiger partial charge in [0.25, 0.3) is 5.91 Å². The van der Waals surface area contributed by atoms with E-state index in [0.29, 0.717) is 12.3 Å². The van der Waals surface area contributed by atoms with Gasteiger partial charge >= 0.3 is 0 Å². The summed E-state index contributed by atoms with van der Waals surface area (Å²) >= 11 is 0. The SMILES string of the molecule is CNC(=O)COc1ccc(/C=C/C(=O)NCc2cccnc2)cc1. The lowest BCUT2D eigenvalue weighted by atomic mass is 10.2. The number of likely N-dealkylation sites (N-methyl/N-ethyl adjacent to an activating group) is 1. The number of nitrogens with zero attached hydrogens (tertiary/aromatic N) is 1. The minimum Gasteiger partial charge on any atom is -0.484 e. The molecule has 0 atom stereocenters. The van der Waals surface area contributed by atoms with E-state index in [-0.39, 0.29) is 18.4 Å². The Hall–Kier alpha value is -3.15. The molecule has 0 unspecified atom stereocenters. The number of amides is 2. The second kappa shape index (κ2) is 9.09. The second-order valence-electron chi connectivity index (χ2n) is 4.94. The van der Waals surface area contributed by atoms with Crippen LogP contribution in [-0.2, 0) is 16.1 Å². The van der Waals surface area contributed by atoms with Crippen molar-refractivity contribution in [3.05, 3.63) is 66.0 Å². The van der Waals surface area contributed by atoms with E-state index in [4.69, 9.17) is 4.74 Å². The normalized spacial score (nSPS) is 10.4. The molecule has 1 aromatic heterocycles. The van der Waals surface area contributed by atoms with Crippen LogP contribution >= 0.6 is 0 Å². The van der Waals surface area contributed by atoms with Gasteiger partial charge in [-0.2, -0.15) is 0 Å². The van der Waals surface area contributed by atoms with Crippen LogP contribution in [0.25, 0.3) is 6.08 Å². The van der Waals surface area contributed by atoms with Crippen LogP contribution in [0.3, 0.4) is 0 Å². The molecule has 0 radical (unpaired) electrons. The van der Waals surface area contributed by atoms with Crippen LogP contribution in [0.5, 0.6) is 5.75 Å². The summed E-state index contributed by atoms with van der Waals surface area (Å²) in [4.78, 5) is 26.9. The van der Waals surface area contributed by atoms with Crippen LogP contribution in [0.2, 0.25) is 0 Å². The highest BCUT2D eigenvalue weighted by Gasteiger charge is 2.00. The van der Waals surface area contributed by atoms with E-state index < -0.39 is 0 Å². The van der Waals surface area contributed by atoms with E-state index in [9.17, 15) is 9.59 Å². The number of rotatable bonds is 7. The highest BCUT2D eigenvalue weighted by molar-refractivity contribution is 5.91. The average molecular weight is 325 g/mol. The number of aromatic nitrogens is 1. The fraction of sp³-hybridized carbons (Fsp3) is 0.167. The quantitative estimate of drug-likeness (QED) is 0.757. The Morgan fingerprint density at radius 3 is 2.67 bits per heavy atom. The van der Waals surface area contributed by atoms with Crippen molar-refractivity contribution in [2.45, 2.75) is 6.54 Å². The predicted molar refractivity (Wildman–Crippen MR) is 91.1 cm³/mol.